The highest BCUT2D eigenvalue weighted by Gasteiger charge is 2.14. The molecule has 0 saturated carbocycles. The SMILES string of the molecule is [C-]#[N+]c1ccn2c(C(C)C)cnc2c1OCC. The highest BCUT2D eigenvalue weighted by atomic mass is 16.5. The van der Waals surface area contributed by atoms with Crippen LogP contribution in [0.4, 0.5) is 5.69 Å². The van der Waals surface area contributed by atoms with Gasteiger partial charge in [0.05, 0.1) is 13.2 Å². The zero-order chi connectivity index (χ0) is 12.4. The van der Waals surface area contributed by atoms with E-state index >= 15 is 0 Å². The van der Waals surface area contributed by atoms with Crippen molar-refractivity contribution in [1.29, 1.82) is 0 Å². The standard InChI is InChI=1S/C13H15N3O/c1-5-17-12-10(14-4)6-7-16-11(9(2)3)8-15-13(12)16/h6-9H,5H2,1-3H3. The molecule has 4 heteroatoms. The first-order chi connectivity index (χ1) is 8.19. The lowest BCUT2D eigenvalue weighted by molar-refractivity contribution is 0.344. The number of pyridine rings is 1. The molecule has 88 valence electrons. The lowest BCUT2D eigenvalue weighted by atomic mass is 10.1. The number of ether oxygens (including phenoxy) is 1. The van der Waals surface area contributed by atoms with E-state index in [0.717, 1.165) is 11.3 Å². The number of aromatic nitrogens is 2. The monoisotopic (exact) mass is 229 g/mol. The molecule has 2 aromatic rings. The van der Waals surface area contributed by atoms with E-state index in [9.17, 15) is 0 Å². The van der Waals surface area contributed by atoms with Gasteiger partial charge >= 0.3 is 0 Å². The van der Waals surface area contributed by atoms with E-state index in [2.05, 4.69) is 23.7 Å². The lowest BCUT2D eigenvalue weighted by Crippen LogP contribution is -1.98. The first-order valence-electron chi connectivity index (χ1n) is 5.69. The van der Waals surface area contributed by atoms with Crippen molar-refractivity contribution in [2.45, 2.75) is 26.7 Å². The van der Waals surface area contributed by atoms with Crippen LogP contribution in [0.2, 0.25) is 0 Å². The van der Waals surface area contributed by atoms with Crippen LogP contribution in [-0.4, -0.2) is 16.0 Å². The van der Waals surface area contributed by atoms with E-state index in [1.807, 2.05) is 23.7 Å². The first-order valence-corrected chi connectivity index (χ1v) is 5.69. The van der Waals surface area contributed by atoms with Gasteiger partial charge in [-0.1, -0.05) is 13.8 Å². The fourth-order valence-corrected chi connectivity index (χ4v) is 1.83. The van der Waals surface area contributed by atoms with Crippen molar-refractivity contribution in [2.75, 3.05) is 6.61 Å². The van der Waals surface area contributed by atoms with Gasteiger partial charge in [0, 0.05) is 18.1 Å². The summed E-state index contributed by atoms with van der Waals surface area (Å²) in [6, 6.07) is 1.78. The average molecular weight is 229 g/mol. The molecule has 2 rings (SSSR count). The minimum absolute atomic E-state index is 0.387. The highest BCUT2D eigenvalue weighted by molar-refractivity contribution is 5.71. The summed E-state index contributed by atoms with van der Waals surface area (Å²) in [7, 11) is 0. The molecule has 0 saturated heterocycles. The van der Waals surface area contributed by atoms with Gasteiger partial charge in [-0.25, -0.2) is 9.83 Å². The maximum Gasteiger partial charge on any atom is 0.233 e. The van der Waals surface area contributed by atoms with Gasteiger partial charge in [0.25, 0.3) is 0 Å². The lowest BCUT2D eigenvalue weighted by Gasteiger charge is -2.09. The Labute approximate surface area is 101 Å². The van der Waals surface area contributed by atoms with Crippen LogP contribution in [0, 0.1) is 6.57 Å². The molecule has 0 radical (unpaired) electrons. The van der Waals surface area contributed by atoms with E-state index in [-0.39, 0.29) is 0 Å². The Bertz CT molecular complexity index is 578. The predicted octanol–water partition coefficient (Wildman–Crippen LogP) is 3.41. The molecule has 0 aliphatic rings. The summed E-state index contributed by atoms with van der Waals surface area (Å²) >= 11 is 0. The summed E-state index contributed by atoms with van der Waals surface area (Å²) < 4.78 is 7.53. The fraction of sp³-hybridized carbons (Fsp3) is 0.385. The molecule has 0 bridgehead atoms. The van der Waals surface area contributed by atoms with Gasteiger partial charge in [-0.2, -0.15) is 0 Å². The first kappa shape index (κ1) is 11.5. The van der Waals surface area contributed by atoms with Gasteiger partial charge in [0.2, 0.25) is 5.69 Å². The third-order valence-corrected chi connectivity index (χ3v) is 2.64. The molecule has 0 aliphatic carbocycles. The Morgan fingerprint density at radius 1 is 1.53 bits per heavy atom. The average Bonchev–Trinajstić information content (AvgIpc) is 2.73. The minimum atomic E-state index is 0.387. The van der Waals surface area contributed by atoms with Crippen LogP contribution in [0.3, 0.4) is 0 Å². The van der Waals surface area contributed by atoms with E-state index in [1.54, 1.807) is 6.07 Å². The molecule has 0 fully saturated rings. The molecular formula is C13H15N3O. The van der Waals surface area contributed by atoms with E-state index in [0.29, 0.717) is 24.0 Å². The molecule has 4 nitrogen and oxygen atoms in total. The van der Waals surface area contributed by atoms with Crippen molar-refractivity contribution in [2.24, 2.45) is 0 Å². The van der Waals surface area contributed by atoms with E-state index < -0.39 is 0 Å². The second-order valence-corrected chi connectivity index (χ2v) is 4.11. The van der Waals surface area contributed by atoms with Crippen LogP contribution in [0.5, 0.6) is 5.75 Å². The number of fused-ring (bicyclic) bond motifs is 1. The van der Waals surface area contributed by atoms with Crippen molar-refractivity contribution in [1.82, 2.24) is 9.38 Å². The molecule has 0 spiro atoms. The molecule has 0 N–H and O–H groups in total. The van der Waals surface area contributed by atoms with Crippen LogP contribution in [-0.2, 0) is 0 Å². The van der Waals surface area contributed by atoms with E-state index in [1.165, 1.54) is 0 Å². The summed E-state index contributed by atoms with van der Waals surface area (Å²) in [6.45, 7) is 13.8. The number of nitrogens with zero attached hydrogens (tertiary/aromatic N) is 3. The third-order valence-electron chi connectivity index (χ3n) is 2.64. The number of hydrogen-bond donors (Lipinski definition) is 0. The minimum Gasteiger partial charge on any atom is -0.501 e. The van der Waals surface area contributed by atoms with Crippen LogP contribution in [0.15, 0.2) is 18.5 Å². The Kier molecular flexibility index (Phi) is 3.01. The van der Waals surface area contributed by atoms with Crippen LogP contribution < -0.4 is 4.74 Å². The molecule has 17 heavy (non-hydrogen) atoms. The van der Waals surface area contributed by atoms with Crippen molar-refractivity contribution in [3.05, 3.63) is 35.6 Å². The second-order valence-electron chi connectivity index (χ2n) is 4.11. The molecule has 0 unspecified atom stereocenters. The van der Waals surface area contributed by atoms with Crippen molar-refractivity contribution in [3.8, 4) is 5.75 Å². The molecule has 0 aromatic carbocycles. The molecule has 0 amide bonds. The number of imidazole rings is 1. The van der Waals surface area contributed by atoms with Gasteiger partial charge in [0.1, 0.15) is 0 Å². The largest absolute Gasteiger partial charge is 0.501 e. The topological polar surface area (TPSA) is 30.9 Å². The third kappa shape index (κ3) is 1.84. The van der Waals surface area contributed by atoms with Gasteiger partial charge in [0.15, 0.2) is 11.4 Å². The Hall–Kier alpha value is -2.02. The molecule has 0 atom stereocenters. The molecule has 2 heterocycles. The summed E-state index contributed by atoms with van der Waals surface area (Å²) in [6.07, 6.45) is 3.73. The smallest absolute Gasteiger partial charge is 0.233 e. The maximum atomic E-state index is 7.14. The quantitative estimate of drug-likeness (QED) is 0.755. The fourth-order valence-electron chi connectivity index (χ4n) is 1.83. The maximum absolute atomic E-state index is 7.14. The summed E-state index contributed by atoms with van der Waals surface area (Å²) in [4.78, 5) is 7.83. The second kappa shape index (κ2) is 4.46. The van der Waals surface area contributed by atoms with Gasteiger partial charge < -0.3 is 9.14 Å². The summed E-state index contributed by atoms with van der Waals surface area (Å²) in [5, 5.41) is 0. The van der Waals surface area contributed by atoms with E-state index in [4.69, 9.17) is 11.3 Å². The van der Waals surface area contributed by atoms with Gasteiger partial charge in [-0.15, -0.1) is 0 Å². The Balaban J connectivity index is 2.70. The number of rotatable bonds is 3. The molecule has 0 aliphatic heterocycles. The summed E-state index contributed by atoms with van der Waals surface area (Å²) in [5.41, 5.74) is 2.36. The zero-order valence-electron chi connectivity index (χ0n) is 10.3. The van der Waals surface area contributed by atoms with Crippen molar-refractivity contribution < 1.29 is 4.74 Å². The van der Waals surface area contributed by atoms with Gasteiger partial charge in [-0.05, 0) is 18.9 Å². The van der Waals surface area contributed by atoms with Crippen LogP contribution in [0.25, 0.3) is 10.5 Å². The Morgan fingerprint density at radius 2 is 2.29 bits per heavy atom. The summed E-state index contributed by atoms with van der Waals surface area (Å²) in [5.74, 6) is 0.968. The predicted molar refractivity (Wildman–Crippen MR) is 66.7 cm³/mol. The van der Waals surface area contributed by atoms with Crippen molar-refractivity contribution in [3.63, 3.8) is 0 Å². The zero-order valence-corrected chi connectivity index (χ0v) is 10.3. The molecule has 2 aromatic heterocycles. The van der Waals surface area contributed by atoms with Crippen molar-refractivity contribution >= 4 is 11.3 Å². The Morgan fingerprint density at radius 3 is 2.88 bits per heavy atom. The number of hydrogen-bond acceptors (Lipinski definition) is 2. The normalized spacial score (nSPS) is 10.8. The molecular weight excluding hydrogens is 214 g/mol. The highest BCUT2D eigenvalue weighted by Crippen LogP contribution is 2.33. The van der Waals surface area contributed by atoms with Crippen LogP contribution >= 0.6 is 0 Å². The van der Waals surface area contributed by atoms with Crippen LogP contribution in [0.1, 0.15) is 32.4 Å². The van der Waals surface area contributed by atoms with Gasteiger partial charge in [-0.3, -0.25) is 0 Å².